The van der Waals surface area contributed by atoms with Crippen molar-refractivity contribution in [2.75, 3.05) is 20.3 Å². The van der Waals surface area contributed by atoms with Crippen LogP contribution in [0.2, 0.25) is 0 Å². The van der Waals surface area contributed by atoms with E-state index in [0.29, 0.717) is 32.7 Å². The first-order chi connectivity index (χ1) is 10.7. The molecule has 7 heteroatoms. The molecule has 116 valence electrons. The van der Waals surface area contributed by atoms with E-state index in [1.165, 1.54) is 6.33 Å². The summed E-state index contributed by atoms with van der Waals surface area (Å²) in [6.45, 7) is 2.20. The zero-order valence-corrected chi connectivity index (χ0v) is 12.4. The molecule has 0 spiro atoms. The highest BCUT2D eigenvalue weighted by atomic mass is 16.6. The molecule has 1 aliphatic heterocycles. The number of nitrogens with zero attached hydrogens (tertiary/aromatic N) is 4. The molecule has 2 aromatic rings. The molecule has 1 aromatic carbocycles. The van der Waals surface area contributed by atoms with Gasteiger partial charge in [-0.05, 0) is 17.7 Å². The SMILES string of the molecule is CN(Cc1ccc2c(c1)OCCO2)C(=O)CCn1cncn1. The van der Waals surface area contributed by atoms with Gasteiger partial charge in [0.25, 0.3) is 0 Å². The van der Waals surface area contributed by atoms with Gasteiger partial charge in [-0.1, -0.05) is 6.07 Å². The number of hydrogen-bond acceptors (Lipinski definition) is 5. The first-order valence-electron chi connectivity index (χ1n) is 7.17. The summed E-state index contributed by atoms with van der Waals surface area (Å²) in [5.41, 5.74) is 1.01. The zero-order chi connectivity index (χ0) is 15.4. The lowest BCUT2D eigenvalue weighted by Crippen LogP contribution is -2.27. The van der Waals surface area contributed by atoms with Crippen LogP contribution in [0.15, 0.2) is 30.9 Å². The van der Waals surface area contributed by atoms with Crippen LogP contribution in [0.3, 0.4) is 0 Å². The Morgan fingerprint density at radius 1 is 1.32 bits per heavy atom. The highest BCUT2D eigenvalue weighted by Gasteiger charge is 2.14. The highest BCUT2D eigenvalue weighted by Crippen LogP contribution is 2.31. The second-order valence-electron chi connectivity index (χ2n) is 5.14. The lowest BCUT2D eigenvalue weighted by atomic mass is 10.2. The Balaban J connectivity index is 1.56. The van der Waals surface area contributed by atoms with Crippen LogP contribution in [0.25, 0.3) is 0 Å². The van der Waals surface area contributed by atoms with Crippen molar-refractivity contribution in [3.05, 3.63) is 36.4 Å². The van der Waals surface area contributed by atoms with Gasteiger partial charge >= 0.3 is 0 Å². The maximum absolute atomic E-state index is 12.1. The zero-order valence-electron chi connectivity index (χ0n) is 12.4. The average Bonchev–Trinajstić information content (AvgIpc) is 3.06. The molecule has 22 heavy (non-hydrogen) atoms. The Kier molecular flexibility index (Phi) is 4.22. The Labute approximate surface area is 128 Å². The van der Waals surface area contributed by atoms with E-state index in [9.17, 15) is 4.79 Å². The molecule has 1 aliphatic rings. The Morgan fingerprint density at radius 2 is 2.14 bits per heavy atom. The number of rotatable bonds is 5. The van der Waals surface area contributed by atoms with Crippen molar-refractivity contribution in [1.82, 2.24) is 19.7 Å². The van der Waals surface area contributed by atoms with E-state index in [-0.39, 0.29) is 5.91 Å². The minimum atomic E-state index is 0.0605. The van der Waals surface area contributed by atoms with Crippen LogP contribution >= 0.6 is 0 Å². The predicted octanol–water partition coefficient (Wildman–Crippen LogP) is 1.10. The third-order valence-electron chi connectivity index (χ3n) is 3.47. The number of benzene rings is 1. The minimum absolute atomic E-state index is 0.0605. The number of hydrogen-bond donors (Lipinski definition) is 0. The largest absolute Gasteiger partial charge is 0.486 e. The van der Waals surface area contributed by atoms with Crippen LogP contribution in [-0.2, 0) is 17.9 Å². The molecule has 1 aromatic heterocycles. The minimum Gasteiger partial charge on any atom is -0.486 e. The molecule has 0 fully saturated rings. The van der Waals surface area contributed by atoms with Crippen molar-refractivity contribution >= 4 is 5.91 Å². The number of aryl methyl sites for hydroxylation is 1. The molecule has 0 atom stereocenters. The third-order valence-corrected chi connectivity index (χ3v) is 3.47. The second-order valence-corrected chi connectivity index (χ2v) is 5.14. The van der Waals surface area contributed by atoms with Crippen LogP contribution < -0.4 is 9.47 Å². The molecule has 0 N–H and O–H groups in total. The van der Waals surface area contributed by atoms with Crippen LogP contribution in [0.5, 0.6) is 11.5 Å². The van der Waals surface area contributed by atoms with Crippen molar-refractivity contribution in [3.63, 3.8) is 0 Å². The van der Waals surface area contributed by atoms with E-state index in [1.807, 2.05) is 18.2 Å². The quantitative estimate of drug-likeness (QED) is 0.827. The number of aromatic nitrogens is 3. The molecule has 0 aliphatic carbocycles. The van der Waals surface area contributed by atoms with Gasteiger partial charge in [0, 0.05) is 20.0 Å². The molecule has 0 bridgehead atoms. The van der Waals surface area contributed by atoms with Crippen LogP contribution in [0.4, 0.5) is 0 Å². The summed E-state index contributed by atoms with van der Waals surface area (Å²) < 4.78 is 12.7. The first-order valence-corrected chi connectivity index (χ1v) is 7.17. The van der Waals surface area contributed by atoms with Crippen molar-refractivity contribution in [1.29, 1.82) is 0 Å². The number of carbonyl (C=O) groups excluding carboxylic acids is 1. The van der Waals surface area contributed by atoms with E-state index < -0.39 is 0 Å². The Morgan fingerprint density at radius 3 is 2.91 bits per heavy atom. The summed E-state index contributed by atoms with van der Waals surface area (Å²) in [6, 6.07) is 5.77. The Hall–Kier alpha value is -2.57. The molecule has 0 radical (unpaired) electrons. The smallest absolute Gasteiger partial charge is 0.224 e. The normalized spacial score (nSPS) is 13.0. The Bertz CT molecular complexity index is 642. The number of carbonyl (C=O) groups is 1. The van der Waals surface area contributed by atoms with Gasteiger partial charge in [0.1, 0.15) is 25.9 Å². The predicted molar refractivity (Wildman–Crippen MR) is 78.5 cm³/mol. The summed E-state index contributed by atoms with van der Waals surface area (Å²) in [5, 5.41) is 3.98. The topological polar surface area (TPSA) is 69.5 Å². The van der Waals surface area contributed by atoms with Crippen molar-refractivity contribution in [2.24, 2.45) is 0 Å². The molecule has 7 nitrogen and oxygen atoms in total. The molecule has 1 amide bonds. The molecule has 0 saturated heterocycles. The second kappa shape index (κ2) is 6.46. The third kappa shape index (κ3) is 3.36. The first kappa shape index (κ1) is 14.4. The van der Waals surface area contributed by atoms with Crippen molar-refractivity contribution in [2.45, 2.75) is 19.5 Å². The standard InChI is InChI=1S/C15H18N4O3/c1-18(15(20)4-5-19-11-16-10-17-19)9-12-2-3-13-14(8-12)22-7-6-21-13/h2-3,8,10-11H,4-7,9H2,1H3. The monoisotopic (exact) mass is 302 g/mol. The molecule has 0 unspecified atom stereocenters. The molecule has 0 saturated carbocycles. The van der Waals surface area contributed by atoms with Gasteiger partial charge < -0.3 is 14.4 Å². The molecular weight excluding hydrogens is 284 g/mol. The number of amides is 1. The average molecular weight is 302 g/mol. The van der Waals surface area contributed by atoms with E-state index >= 15 is 0 Å². The van der Waals surface area contributed by atoms with Gasteiger partial charge in [-0.3, -0.25) is 9.48 Å². The summed E-state index contributed by atoms with van der Waals surface area (Å²) >= 11 is 0. The maximum Gasteiger partial charge on any atom is 0.224 e. The number of fused-ring (bicyclic) bond motifs is 1. The maximum atomic E-state index is 12.1. The molecule has 2 heterocycles. The lowest BCUT2D eigenvalue weighted by molar-refractivity contribution is -0.130. The fraction of sp³-hybridized carbons (Fsp3) is 0.400. The van der Waals surface area contributed by atoms with E-state index in [4.69, 9.17) is 9.47 Å². The fourth-order valence-corrected chi connectivity index (χ4v) is 2.30. The summed E-state index contributed by atoms with van der Waals surface area (Å²) in [5.74, 6) is 1.56. The van der Waals surface area contributed by atoms with Crippen molar-refractivity contribution < 1.29 is 14.3 Å². The van der Waals surface area contributed by atoms with Gasteiger partial charge in [-0.15, -0.1) is 0 Å². The number of ether oxygens (including phenoxy) is 2. The summed E-state index contributed by atoms with van der Waals surface area (Å²) in [7, 11) is 1.79. The van der Waals surface area contributed by atoms with Crippen LogP contribution in [-0.4, -0.2) is 45.8 Å². The van der Waals surface area contributed by atoms with Crippen LogP contribution in [0, 0.1) is 0 Å². The van der Waals surface area contributed by atoms with Gasteiger partial charge in [0.05, 0.1) is 6.54 Å². The molecular formula is C15H18N4O3. The van der Waals surface area contributed by atoms with Crippen molar-refractivity contribution in [3.8, 4) is 11.5 Å². The van der Waals surface area contributed by atoms with E-state index in [1.54, 1.807) is 23.0 Å². The van der Waals surface area contributed by atoms with Gasteiger partial charge in [-0.25, -0.2) is 4.98 Å². The van der Waals surface area contributed by atoms with Gasteiger partial charge in [0.2, 0.25) is 5.91 Å². The summed E-state index contributed by atoms with van der Waals surface area (Å²) in [4.78, 5) is 17.7. The van der Waals surface area contributed by atoms with Gasteiger partial charge in [-0.2, -0.15) is 5.10 Å². The fourth-order valence-electron chi connectivity index (χ4n) is 2.30. The van der Waals surface area contributed by atoms with E-state index in [0.717, 1.165) is 17.1 Å². The summed E-state index contributed by atoms with van der Waals surface area (Å²) in [6.07, 6.45) is 3.46. The highest BCUT2D eigenvalue weighted by molar-refractivity contribution is 5.75. The van der Waals surface area contributed by atoms with Crippen LogP contribution in [0.1, 0.15) is 12.0 Å². The lowest BCUT2D eigenvalue weighted by Gasteiger charge is -2.21. The molecule has 3 rings (SSSR count). The van der Waals surface area contributed by atoms with Gasteiger partial charge in [0.15, 0.2) is 11.5 Å². The van der Waals surface area contributed by atoms with E-state index in [2.05, 4.69) is 10.1 Å².